The summed E-state index contributed by atoms with van der Waals surface area (Å²) >= 11 is 1.34. The summed E-state index contributed by atoms with van der Waals surface area (Å²) in [5.41, 5.74) is 0. The highest BCUT2D eigenvalue weighted by atomic mass is 32.1. The van der Waals surface area contributed by atoms with Gasteiger partial charge >= 0.3 is 0 Å². The summed E-state index contributed by atoms with van der Waals surface area (Å²) in [7, 11) is 1.45. The van der Waals surface area contributed by atoms with Gasteiger partial charge in [-0.05, 0) is 11.4 Å². The van der Waals surface area contributed by atoms with Crippen LogP contribution < -0.4 is 4.74 Å². The first-order valence-corrected chi connectivity index (χ1v) is 4.54. The summed E-state index contributed by atoms with van der Waals surface area (Å²) in [6.07, 6.45) is 0. The summed E-state index contributed by atoms with van der Waals surface area (Å²) < 4.78 is 18.8. The van der Waals surface area contributed by atoms with Crippen LogP contribution in [0.15, 0.2) is 17.5 Å². The third kappa shape index (κ3) is 1.14. The molecule has 0 aliphatic heterocycles. The second-order valence-corrected chi connectivity index (χ2v) is 3.49. The van der Waals surface area contributed by atoms with Crippen LogP contribution in [0.1, 0.15) is 0 Å². The highest BCUT2D eigenvalue weighted by Crippen LogP contribution is 2.39. The van der Waals surface area contributed by atoms with Gasteiger partial charge in [-0.2, -0.15) is 0 Å². The summed E-state index contributed by atoms with van der Waals surface area (Å²) in [5, 5.41) is 11.6. The molecule has 1 N–H and O–H groups in total. The molecule has 2 rings (SSSR count). The number of hydrogen-bond acceptors (Lipinski definition) is 3. The van der Waals surface area contributed by atoms with Crippen LogP contribution in [0.4, 0.5) is 4.39 Å². The second kappa shape index (κ2) is 2.88. The van der Waals surface area contributed by atoms with Gasteiger partial charge in [0.05, 0.1) is 11.8 Å². The average Bonchev–Trinajstić information content (AvgIpc) is 2.53. The van der Waals surface area contributed by atoms with Gasteiger partial charge in [0, 0.05) is 11.5 Å². The molecule has 13 heavy (non-hydrogen) atoms. The Balaban J connectivity index is 2.88. The molecule has 0 bridgehead atoms. The minimum Gasteiger partial charge on any atom is -0.504 e. The maximum atomic E-state index is 13.2. The predicted octanol–water partition coefficient (Wildman–Crippen LogP) is 2.75. The van der Waals surface area contributed by atoms with Gasteiger partial charge in [0.25, 0.3) is 0 Å². The Morgan fingerprint density at radius 1 is 1.54 bits per heavy atom. The third-order valence-electron chi connectivity index (χ3n) is 1.83. The standard InChI is InChI=1S/C9H7FO2S/c1-12-8-7(11)4-6(10)5-2-3-13-9(5)8/h2-4,11H,1H3. The molecule has 2 aromatic rings. The highest BCUT2D eigenvalue weighted by Gasteiger charge is 2.12. The Labute approximate surface area is 78.2 Å². The number of phenols is 1. The first-order valence-electron chi connectivity index (χ1n) is 3.66. The fourth-order valence-corrected chi connectivity index (χ4v) is 2.18. The van der Waals surface area contributed by atoms with Crippen molar-refractivity contribution in [1.29, 1.82) is 0 Å². The zero-order valence-electron chi connectivity index (χ0n) is 6.87. The maximum absolute atomic E-state index is 13.2. The summed E-state index contributed by atoms with van der Waals surface area (Å²) in [6, 6.07) is 2.73. The van der Waals surface area contributed by atoms with Gasteiger partial charge in [0.1, 0.15) is 5.82 Å². The zero-order valence-corrected chi connectivity index (χ0v) is 7.69. The summed E-state index contributed by atoms with van der Waals surface area (Å²) in [4.78, 5) is 0. The normalized spacial score (nSPS) is 10.6. The zero-order chi connectivity index (χ0) is 9.42. The molecule has 1 heterocycles. The van der Waals surface area contributed by atoms with Crippen LogP contribution in [-0.4, -0.2) is 12.2 Å². The SMILES string of the molecule is COc1c(O)cc(F)c2ccsc12. The van der Waals surface area contributed by atoms with Crippen LogP contribution in [0.25, 0.3) is 10.1 Å². The van der Waals surface area contributed by atoms with E-state index >= 15 is 0 Å². The van der Waals surface area contributed by atoms with Crippen molar-refractivity contribution in [3.8, 4) is 11.5 Å². The number of aromatic hydroxyl groups is 1. The highest BCUT2D eigenvalue weighted by molar-refractivity contribution is 7.17. The smallest absolute Gasteiger partial charge is 0.178 e. The Morgan fingerprint density at radius 2 is 2.31 bits per heavy atom. The topological polar surface area (TPSA) is 29.5 Å². The second-order valence-electron chi connectivity index (χ2n) is 2.57. The van der Waals surface area contributed by atoms with E-state index < -0.39 is 5.82 Å². The Kier molecular flexibility index (Phi) is 1.84. The molecule has 0 saturated heterocycles. The van der Waals surface area contributed by atoms with Crippen LogP contribution in [0, 0.1) is 5.82 Å². The molecule has 0 aliphatic rings. The maximum Gasteiger partial charge on any atom is 0.178 e. The fraction of sp³-hybridized carbons (Fsp3) is 0.111. The summed E-state index contributed by atoms with van der Waals surface area (Å²) in [5.74, 6) is -0.240. The van der Waals surface area contributed by atoms with E-state index in [4.69, 9.17) is 4.74 Å². The van der Waals surface area contributed by atoms with Crippen molar-refractivity contribution in [3.05, 3.63) is 23.3 Å². The minimum absolute atomic E-state index is 0.157. The van der Waals surface area contributed by atoms with E-state index in [-0.39, 0.29) is 5.75 Å². The molecule has 0 fully saturated rings. The lowest BCUT2D eigenvalue weighted by atomic mass is 10.2. The van der Waals surface area contributed by atoms with Crippen molar-refractivity contribution in [3.63, 3.8) is 0 Å². The van der Waals surface area contributed by atoms with E-state index in [0.29, 0.717) is 15.8 Å². The molecule has 68 valence electrons. The molecule has 1 aromatic heterocycles. The first kappa shape index (κ1) is 8.31. The third-order valence-corrected chi connectivity index (χ3v) is 2.74. The van der Waals surface area contributed by atoms with Crippen molar-refractivity contribution in [2.45, 2.75) is 0 Å². The van der Waals surface area contributed by atoms with Crippen LogP contribution in [0.5, 0.6) is 11.5 Å². The van der Waals surface area contributed by atoms with Crippen molar-refractivity contribution >= 4 is 21.4 Å². The van der Waals surface area contributed by atoms with Crippen LogP contribution >= 0.6 is 11.3 Å². The van der Waals surface area contributed by atoms with Crippen molar-refractivity contribution < 1.29 is 14.2 Å². The monoisotopic (exact) mass is 198 g/mol. The number of ether oxygens (including phenoxy) is 1. The molecule has 0 amide bonds. The largest absolute Gasteiger partial charge is 0.504 e. The van der Waals surface area contributed by atoms with Crippen LogP contribution in [-0.2, 0) is 0 Å². The minimum atomic E-state index is -0.422. The number of halogens is 1. The molecule has 2 nitrogen and oxygen atoms in total. The Hall–Kier alpha value is -1.29. The van der Waals surface area contributed by atoms with Crippen LogP contribution in [0.2, 0.25) is 0 Å². The molecule has 0 saturated carbocycles. The van der Waals surface area contributed by atoms with Gasteiger partial charge < -0.3 is 9.84 Å². The van der Waals surface area contributed by atoms with E-state index in [9.17, 15) is 9.50 Å². The van der Waals surface area contributed by atoms with Gasteiger partial charge in [-0.3, -0.25) is 0 Å². The molecule has 1 aromatic carbocycles. The van der Waals surface area contributed by atoms with Gasteiger partial charge in [-0.15, -0.1) is 11.3 Å². The Morgan fingerprint density at radius 3 is 3.00 bits per heavy atom. The number of hydrogen-bond donors (Lipinski definition) is 1. The quantitative estimate of drug-likeness (QED) is 0.763. The molecule has 0 unspecified atom stereocenters. The number of methoxy groups -OCH3 is 1. The molecule has 0 spiro atoms. The number of fused-ring (bicyclic) bond motifs is 1. The number of phenolic OH excluding ortho intramolecular Hbond substituents is 1. The number of rotatable bonds is 1. The average molecular weight is 198 g/mol. The lowest BCUT2D eigenvalue weighted by molar-refractivity contribution is 0.376. The van der Waals surface area contributed by atoms with E-state index in [2.05, 4.69) is 0 Å². The number of benzene rings is 1. The van der Waals surface area contributed by atoms with Gasteiger partial charge in [0.2, 0.25) is 0 Å². The van der Waals surface area contributed by atoms with Gasteiger partial charge in [-0.1, -0.05) is 0 Å². The van der Waals surface area contributed by atoms with Crippen molar-refractivity contribution in [2.24, 2.45) is 0 Å². The molecule has 0 atom stereocenters. The van der Waals surface area contributed by atoms with E-state index in [1.807, 2.05) is 0 Å². The van der Waals surface area contributed by atoms with Gasteiger partial charge in [-0.25, -0.2) is 4.39 Å². The van der Waals surface area contributed by atoms with E-state index in [0.717, 1.165) is 6.07 Å². The molecular formula is C9H7FO2S. The molecule has 0 aliphatic carbocycles. The summed E-state index contributed by atoms with van der Waals surface area (Å²) in [6.45, 7) is 0. The molecule has 0 radical (unpaired) electrons. The fourth-order valence-electron chi connectivity index (χ4n) is 1.25. The van der Waals surface area contributed by atoms with E-state index in [1.54, 1.807) is 11.4 Å². The van der Waals surface area contributed by atoms with Crippen LogP contribution in [0.3, 0.4) is 0 Å². The lowest BCUT2D eigenvalue weighted by Gasteiger charge is -2.04. The molecular weight excluding hydrogens is 191 g/mol. The van der Waals surface area contributed by atoms with Crippen molar-refractivity contribution in [2.75, 3.05) is 7.11 Å². The molecule has 4 heteroatoms. The van der Waals surface area contributed by atoms with Gasteiger partial charge in [0.15, 0.2) is 11.5 Å². The Bertz CT molecular complexity index is 450. The van der Waals surface area contributed by atoms with E-state index in [1.165, 1.54) is 18.4 Å². The number of thiophene rings is 1. The lowest BCUT2D eigenvalue weighted by Crippen LogP contribution is -1.85. The van der Waals surface area contributed by atoms with Crippen molar-refractivity contribution in [1.82, 2.24) is 0 Å². The predicted molar refractivity (Wildman–Crippen MR) is 50.0 cm³/mol. The first-order chi connectivity index (χ1) is 6.24.